The summed E-state index contributed by atoms with van der Waals surface area (Å²) in [6.45, 7) is 4.01. The summed E-state index contributed by atoms with van der Waals surface area (Å²) in [6.07, 6.45) is 2.13. The Bertz CT molecular complexity index is 395. The molecule has 0 bridgehead atoms. The number of hydrogen-bond donors (Lipinski definition) is 1. The van der Waals surface area contributed by atoms with Gasteiger partial charge in [0.05, 0.1) is 0 Å². The molecule has 1 saturated heterocycles. The number of rotatable bonds is 2. The minimum atomic E-state index is 0.194. The molecule has 0 radical (unpaired) electrons. The lowest BCUT2D eigenvalue weighted by Gasteiger charge is -2.31. The minimum absolute atomic E-state index is 0.194. The third-order valence-electron chi connectivity index (χ3n) is 3.60. The van der Waals surface area contributed by atoms with Crippen molar-refractivity contribution < 1.29 is 4.79 Å². The molecule has 1 aliphatic heterocycles. The van der Waals surface area contributed by atoms with E-state index in [9.17, 15) is 4.79 Å². The second-order valence-electron chi connectivity index (χ2n) is 4.73. The molecular formula is C14H20N2O. The van der Waals surface area contributed by atoms with Crippen molar-refractivity contribution >= 4 is 5.91 Å². The molecule has 1 aromatic carbocycles. The number of carbonyl (C=O) groups is 1. The first kappa shape index (κ1) is 12.1. The fourth-order valence-electron chi connectivity index (χ4n) is 2.50. The molecule has 3 heteroatoms. The Morgan fingerprint density at radius 3 is 2.71 bits per heavy atom. The lowest BCUT2D eigenvalue weighted by atomic mass is 9.88. The van der Waals surface area contributed by atoms with Crippen LogP contribution in [0.5, 0.6) is 0 Å². The Labute approximate surface area is 103 Å². The molecule has 1 fully saturated rings. The van der Waals surface area contributed by atoms with Crippen molar-refractivity contribution in [3.05, 3.63) is 35.4 Å². The number of nitrogens with zero attached hydrogens (tertiary/aromatic N) is 1. The van der Waals surface area contributed by atoms with E-state index in [1.807, 2.05) is 4.90 Å². The number of hydrogen-bond acceptors (Lipinski definition) is 2. The predicted molar refractivity (Wildman–Crippen MR) is 68.6 cm³/mol. The van der Waals surface area contributed by atoms with Crippen LogP contribution in [-0.2, 0) is 11.3 Å². The van der Waals surface area contributed by atoms with Crippen LogP contribution in [0.25, 0.3) is 0 Å². The van der Waals surface area contributed by atoms with Crippen molar-refractivity contribution in [3.63, 3.8) is 0 Å². The second-order valence-corrected chi connectivity index (χ2v) is 4.73. The van der Waals surface area contributed by atoms with E-state index in [0.29, 0.717) is 12.5 Å². The van der Waals surface area contributed by atoms with Crippen molar-refractivity contribution in [1.29, 1.82) is 0 Å². The fraction of sp³-hybridized carbons (Fsp3) is 0.500. The van der Waals surface area contributed by atoms with E-state index in [-0.39, 0.29) is 5.91 Å². The molecule has 0 unspecified atom stereocenters. The zero-order valence-electron chi connectivity index (χ0n) is 10.4. The van der Waals surface area contributed by atoms with Gasteiger partial charge in [-0.3, -0.25) is 4.79 Å². The molecule has 0 aliphatic carbocycles. The Morgan fingerprint density at radius 2 is 2.12 bits per heavy atom. The van der Waals surface area contributed by atoms with Gasteiger partial charge >= 0.3 is 0 Å². The van der Waals surface area contributed by atoms with Crippen LogP contribution in [0.4, 0.5) is 0 Å². The summed E-state index contributed by atoms with van der Waals surface area (Å²) in [7, 11) is 0. The SMILES string of the molecule is CC(=O)N1CCC(c2cccc(CN)c2)CC1. The van der Waals surface area contributed by atoms with Gasteiger partial charge in [-0.1, -0.05) is 24.3 Å². The van der Waals surface area contributed by atoms with E-state index in [1.165, 1.54) is 11.1 Å². The van der Waals surface area contributed by atoms with Crippen LogP contribution in [0, 0.1) is 0 Å². The maximum Gasteiger partial charge on any atom is 0.219 e. The van der Waals surface area contributed by atoms with Crippen LogP contribution in [0.2, 0.25) is 0 Å². The van der Waals surface area contributed by atoms with Gasteiger partial charge in [-0.05, 0) is 29.9 Å². The standard InChI is InChI=1S/C14H20N2O/c1-11(17)16-7-5-13(6-8-16)14-4-2-3-12(9-14)10-15/h2-4,9,13H,5-8,10,15H2,1H3. The lowest BCUT2D eigenvalue weighted by Crippen LogP contribution is -2.36. The quantitative estimate of drug-likeness (QED) is 0.846. The summed E-state index contributed by atoms with van der Waals surface area (Å²) in [5.41, 5.74) is 8.22. The molecule has 0 atom stereocenters. The van der Waals surface area contributed by atoms with E-state index in [1.54, 1.807) is 6.92 Å². The maximum atomic E-state index is 11.3. The summed E-state index contributed by atoms with van der Waals surface area (Å²) < 4.78 is 0. The third-order valence-corrected chi connectivity index (χ3v) is 3.60. The van der Waals surface area contributed by atoms with Crippen molar-refractivity contribution in [2.75, 3.05) is 13.1 Å². The molecule has 3 nitrogen and oxygen atoms in total. The van der Waals surface area contributed by atoms with Gasteiger partial charge in [-0.2, -0.15) is 0 Å². The summed E-state index contributed by atoms with van der Waals surface area (Å²) in [5.74, 6) is 0.774. The summed E-state index contributed by atoms with van der Waals surface area (Å²) >= 11 is 0. The summed E-state index contributed by atoms with van der Waals surface area (Å²) in [6, 6.07) is 8.52. The van der Waals surface area contributed by atoms with E-state index in [2.05, 4.69) is 24.3 Å². The average molecular weight is 232 g/mol. The van der Waals surface area contributed by atoms with Gasteiger partial charge in [-0.25, -0.2) is 0 Å². The molecule has 17 heavy (non-hydrogen) atoms. The van der Waals surface area contributed by atoms with Crippen LogP contribution < -0.4 is 5.73 Å². The third kappa shape index (κ3) is 2.86. The monoisotopic (exact) mass is 232 g/mol. The first-order valence-electron chi connectivity index (χ1n) is 6.25. The Hall–Kier alpha value is -1.35. The number of nitrogens with two attached hydrogens (primary N) is 1. The Morgan fingerprint density at radius 1 is 1.41 bits per heavy atom. The average Bonchev–Trinajstić information content (AvgIpc) is 2.39. The van der Waals surface area contributed by atoms with Gasteiger partial charge in [0.25, 0.3) is 0 Å². The van der Waals surface area contributed by atoms with Crippen molar-refractivity contribution in [2.24, 2.45) is 5.73 Å². The summed E-state index contributed by atoms with van der Waals surface area (Å²) in [4.78, 5) is 13.2. The van der Waals surface area contributed by atoms with Crippen molar-refractivity contribution in [1.82, 2.24) is 4.90 Å². The first-order chi connectivity index (χ1) is 8.20. The normalized spacial score (nSPS) is 17.2. The Kier molecular flexibility index (Phi) is 3.79. The van der Waals surface area contributed by atoms with Crippen LogP contribution in [-0.4, -0.2) is 23.9 Å². The zero-order chi connectivity index (χ0) is 12.3. The number of piperidine rings is 1. The molecule has 1 amide bonds. The minimum Gasteiger partial charge on any atom is -0.343 e. The number of likely N-dealkylation sites (tertiary alicyclic amines) is 1. The van der Waals surface area contributed by atoms with Crippen LogP contribution in [0.15, 0.2) is 24.3 Å². The molecule has 1 heterocycles. The Balaban J connectivity index is 2.02. The molecule has 92 valence electrons. The van der Waals surface area contributed by atoms with E-state index < -0.39 is 0 Å². The maximum absolute atomic E-state index is 11.3. The van der Waals surface area contributed by atoms with Gasteiger partial charge in [-0.15, -0.1) is 0 Å². The van der Waals surface area contributed by atoms with Gasteiger partial charge in [0.2, 0.25) is 5.91 Å². The van der Waals surface area contributed by atoms with Crippen LogP contribution in [0.1, 0.15) is 36.8 Å². The highest BCUT2D eigenvalue weighted by Crippen LogP contribution is 2.28. The molecule has 1 aliphatic rings. The second kappa shape index (κ2) is 5.32. The molecule has 0 aromatic heterocycles. The van der Waals surface area contributed by atoms with Gasteiger partial charge in [0, 0.05) is 26.6 Å². The number of carbonyl (C=O) groups excluding carboxylic acids is 1. The largest absolute Gasteiger partial charge is 0.343 e. The van der Waals surface area contributed by atoms with Gasteiger partial charge in [0.15, 0.2) is 0 Å². The van der Waals surface area contributed by atoms with Crippen molar-refractivity contribution in [3.8, 4) is 0 Å². The molecule has 2 rings (SSSR count). The molecule has 2 N–H and O–H groups in total. The highest BCUT2D eigenvalue weighted by molar-refractivity contribution is 5.73. The zero-order valence-corrected chi connectivity index (χ0v) is 10.4. The van der Waals surface area contributed by atoms with Crippen LogP contribution >= 0.6 is 0 Å². The molecule has 0 spiro atoms. The number of amides is 1. The van der Waals surface area contributed by atoms with E-state index >= 15 is 0 Å². The topological polar surface area (TPSA) is 46.3 Å². The molecule has 1 aromatic rings. The highest BCUT2D eigenvalue weighted by atomic mass is 16.2. The van der Waals surface area contributed by atoms with E-state index in [4.69, 9.17) is 5.73 Å². The predicted octanol–water partition coefficient (Wildman–Crippen LogP) is 1.87. The lowest BCUT2D eigenvalue weighted by molar-refractivity contribution is -0.129. The van der Waals surface area contributed by atoms with Crippen molar-refractivity contribution in [2.45, 2.75) is 32.2 Å². The van der Waals surface area contributed by atoms with Gasteiger partial charge in [0.1, 0.15) is 0 Å². The fourth-order valence-corrected chi connectivity index (χ4v) is 2.50. The van der Waals surface area contributed by atoms with Crippen LogP contribution in [0.3, 0.4) is 0 Å². The van der Waals surface area contributed by atoms with E-state index in [0.717, 1.165) is 25.9 Å². The molecule has 0 saturated carbocycles. The summed E-state index contributed by atoms with van der Waals surface area (Å²) in [5, 5.41) is 0. The smallest absolute Gasteiger partial charge is 0.219 e. The first-order valence-corrected chi connectivity index (χ1v) is 6.25. The van der Waals surface area contributed by atoms with Gasteiger partial charge < -0.3 is 10.6 Å². The highest BCUT2D eigenvalue weighted by Gasteiger charge is 2.21. The number of benzene rings is 1. The molecular weight excluding hydrogens is 212 g/mol.